The van der Waals surface area contributed by atoms with Crippen LogP contribution in [-0.4, -0.2) is 24.2 Å². The van der Waals surface area contributed by atoms with Gasteiger partial charge in [0.2, 0.25) is 0 Å². The van der Waals surface area contributed by atoms with Gasteiger partial charge in [0.05, 0.1) is 19.0 Å². The molecule has 3 aromatic rings. The van der Waals surface area contributed by atoms with Gasteiger partial charge in [-0.3, -0.25) is 4.79 Å². The lowest BCUT2D eigenvalue weighted by Gasteiger charge is -2.08. The number of carbonyl (C=O) groups is 1. The second-order valence-corrected chi connectivity index (χ2v) is 6.31. The molecular weight excluding hydrogens is 336 g/mol. The third kappa shape index (κ3) is 3.46. The third-order valence-corrected chi connectivity index (χ3v) is 4.69. The van der Waals surface area contributed by atoms with E-state index in [0.29, 0.717) is 27.9 Å². The van der Waals surface area contributed by atoms with Gasteiger partial charge in [0, 0.05) is 5.56 Å². The summed E-state index contributed by atoms with van der Waals surface area (Å²) in [5.74, 6) is 0.370. The molecule has 0 unspecified atom stereocenters. The largest absolute Gasteiger partial charge is 0.496 e. The summed E-state index contributed by atoms with van der Waals surface area (Å²) in [6, 6.07) is 11.8. The van der Waals surface area contributed by atoms with E-state index in [4.69, 9.17) is 10.5 Å². The van der Waals surface area contributed by atoms with Gasteiger partial charge in [0.25, 0.3) is 5.91 Å². The van der Waals surface area contributed by atoms with E-state index in [1.165, 1.54) is 0 Å². The number of anilines is 1. The standard InChI is InChI=1S/C18H18N4O2S/c1-3-14-16(25-18(19)21-14)17(23)22-20-10-13-12-7-5-4-6-11(12)8-9-15(13)24-2/h4-10H,3H2,1-2H3,(H2,19,21)(H,22,23). The first-order chi connectivity index (χ1) is 12.1. The Hall–Kier alpha value is -2.93. The predicted molar refractivity (Wildman–Crippen MR) is 101 cm³/mol. The van der Waals surface area contributed by atoms with E-state index in [9.17, 15) is 4.79 Å². The number of rotatable bonds is 5. The van der Waals surface area contributed by atoms with E-state index < -0.39 is 0 Å². The van der Waals surface area contributed by atoms with Crippen LogP contribution in [0.3, 0.4) is 0 Å². The highest BCUT2D eigenvalue weighted by Gasteiger charge is 2.15. The van der Waals surface area contributed by atoms with Crippen molar-refractivity contribution in [1.29, 1.82) is 0 Å². The molecule has 0 spiro atoms. The highest BCUT2D eigenvalue weighted by molar-refractivity contribution is 7.17. The summed E-state index contributed by atoms with van der Waals surface area (Å²) < 4.78 is 5.41. The number of thiazole rings is 1. The first-order valence-electron chi connectivity index (χ1n) is 7.78. The molecule has 25 heavy (non-hydrogen) atoms. The normalized spacial score (nSPS) is 11.1. The van der Waals surface area contributed by atoms with Gasteiger partial charge in [-0.05, 0) is 23.3 Å². The summed E-state index contributed by atoms with van der Waals surface area (Å²) in [7, 11) is 1.60. The fraction of sp³-hybridized carbons (Fsp3) is 0.167. The molecule has 0 aliphatic heterocycles. The van der Waals surface area contributed by atoms with E-state index in [0.717, 1.165) is 27.7 Å². The van der Waals surface area contributed by atoms with Crippen molar-refractivity contribution in [3.05, 3.63) is 52.5 Å². The number of hydrazone groups is 1. The van der Waals surface area contributed by atoms with Crippen LogP contribution in [0, 0.1) is 0 Å². The van der Waals surface area contributed by atoms with Crippen molar-refractivity contribution in [3.8, 4) is 5.75 Å². The summed E-state index contributed by atoms with van der Waals surface area (Å²) in [5.41, 5.74) is 9.71. The van der Waals surface area contributed by atoms with Gasteiger partial charge in [-0.2, -0.15) is 5.10 Å². The topological polar surface area (TPSA) is 89.6 Å². The maximum atomic E-state index is 12.3. The van der Waals surface area contributed by atoms with Crippen LogP contribution in [0.4, 0.5) is 5.13 Å². The van der Waals surface area contributed by atoms with Crippen molar-refractivity contribution in [2.24, 2.45) is 5.10 Å². The monoisotopic (exact) mass is 354 g/mol. The van der Waals surface area contributed by atoms with E-state index in [-0.39, 0.29) is 5.91 Å². The van der Waals surface area contributed by atoms with Crippen molar-refractivity contribution in [2.75, 3.05) is 12.8 Å². The lowest BCUT2D eigenvalue weighted by molar-refractivity contribution is 0.0958. The number of nitrogens with zero attached hydrogens (tertiary/aromatic N) is 2. The van der Waals surface area contributed by atoms with Crippen molar-refractivity contribution in [2.45, 2.75) is 13.3 Å². The Kier molecular flexibility index (Phi) is 4.95. The average molecular weight is 354 g/mol. The summed E-state index contributed by atoms with van der Waals surface area (Å²) in [5, 5.41) is 6.54. The van der Waals surface area contributed by atoms with Crippen molar-refractivity contribution in [3.63, 3.8) is 0 Å². The molecule has 0 saturated carbocycles. The predicted octanol–water partition coefficient (Wildman–Crippen LogP) is 3.21. The van der Waals surface area contributed by atoms with Crippen LogP contribution >= 0.6 is 11.3 Å². The van der Waals surface area contributed by atoms with Crippen LogP contribution in [0.2, 0.25) is 0 Å². The van der Waals surface area contributed by atoms with Crippen molar-refractivity contribution in [1.82, 2.24) is 10.4 Å². The second-order valence-electron chi connectivity index (χ2n) is 5.28. The SMILES string of the molecule is CCc1nc(N)sc1C(=O)NN=Cc1c(OC)ccc2ccccc12. The highest BCUT2D eigenvalue weighted by atomic mass is 32.1. The van der Waals surface area contributed by atoms with Gasteiger partial charge in [0.15, 0.2) is 5.13 Å². The van der Waals surface area contributed by atoms with Crippen molar-refractivity contribution >= 4 is 39.4 Å². The molecule has 1 aromatic heterocycles. The average Bonchev–Trinajstić information content (AvgIpc) is 3.02. The van der Waals surface area contributed by atoms with Crippen LogP contribution in [0.5, 0.6) is 5.75 Å². The Morgan fingerprint density at radius 3 is 2.92 bits per heavy atom. The summed E-state index contributed by atoms with van der Waals surface area (Å²) in [6.45, 7) is 1.93. The van der Waals surface area contributed by atoms with E-state index in [1.807, 2.05) is 43.3 Å². The van der Waals surface area contributed by atoms with Crippen LogP contribution in [0.25, 0.3) is 10.8 Å². The third-order valence-electron chi connectivity index (χ3n) is 3.77. The number of amides is 1. The van der Waals surface area contributed by atoms with Gasteiger partial charge < -0.3 is 10.5 Å². The Morgan fingerprint density at radius 1 is 1.36 bits per heavy atom. The minimum atomic E-state index is -0.318. The number of hydrogen-bond acceptors (Lipinski definition) is 6. The number of ether oxygens (including phenoxy) is 1. The minimum absolute atomic E-state index is 0.318. The number of nitrogens with one attached hydrogen (secondary N) is 1. The fourth-order valence-electron chi connectivity index (χ4n) is 2.58. The summed E-state index contributed by atoms with van der Waals surface area (Å²) in [4.78, 5) is 16.9. The first-order valence-corrected chi connectivity index (χ1v) is 8.60. The molecule has 1 amide bonds. The molecule has 3 rings (SSSR count). The van der Waals surface area contributed by atoms with Gasteiger partial charge in [-0.25, -0.2) is 10.4 Å². The highest BCUT2D eigenvalue weighted by Crippen LogP contribution is 2.26. The zero-order valence-corrected chi connectivity index (χ0v) is 14.8. The molecule has 0 fully saturated rings. The summed E-state index contributed by atoms with van der Waals surface area (Å²) in [6.07, 6.45) is 2.23. The zero-order valence-electron chi connectivity index (χ0n) is 13.9. The number of methoxy groups -OCH3 is 1. The Bertz CT molecular complexity index is 949. The second kappa shape index (κ2) is 7.31. The van der Waals surface area contributed by atoms with Crippen LogP contribution in [-0.2, 0) is 6.42 Å². The number of aromatic nitrogens is 1. The molecule has 1 heterocycles. The molecule has 6 nitrogen and oxygen atoms in total. The lowest BCUT2D eigenvalue weighted by atomic mass is 10.0. The van der Waals surface area contributed by atoms with E-state index in [1.54, 1.807) is 13.3 Å². The van der Waals surface area contributed by atoms with Crippen LogP contribution in [0.15, 0.2) is 41.5 Å². The fourth-order valence-corrected chi connectivity index (χ4v) is 3.39. The molecule has 0 radical (unpaired) electrons. The molecule has 2 aromatic carbocycles. The molecule has 0 aliphatic rings. The number of carbonyl (C=O) groups excluding carboxylic acids is 1. The molecule has 3 N–H and O–H groups in total. The van der Waals surface area contributed by atoms with Gasteiger partial charge in [0.1, 0.15) is 10.6 Å². The maximum absolute atomic E-state index is 12.3. The molecular formula is C18H18N4O2S. The molecule has 7 heteroatoms. The number of aryl methyl sites for hydroxylation is 1. The number of hydrogen-bond donors (Lipinski definition) is 2. The smallest absolute Gasteiger partial charge is 0.283 e. The van der Waals surface area contributed by atoms with Crippen LogP contribution in [0.1, 0.15) is 27.9 Å². The molecule has 0 saturated heterocycles. The zero-order chi connectivity index (χ0) is 17.8. The van der Waals surface area contributed by atoms with Gasteiger partial charge in [-0.1, -0.05) is 48.6 Å². The molecule has 0 atom stereocenters. The van der Waals surface area contributed by atoms with Gasteiger partial charge in [-0.15, -0.1) is 0 Å². The number of nitrogen functional groups attached to an aromatic ring is 1. The maximum Gasteiger partial charge on any atom is 0.283 e. The van der Waals surface area contributed by atoms with Crippen LogP contribution < -0.4 is 15.9 Å². The molecule has 0 bridgehead atoms. The minimum Gasteiger partial charge on any atom is -0.496 e. The van der Waals surface area contributed by atoms with E-state index >= 15 is 0 Å². The quantitative estimate of drug-likeness (QED) is 0.544. The summed E-state index contributed by atoms with van der Waals surface area (Å²) >= 11 is 1.16. The Labute approximate surface area is 149 Å². The van der Waals surface area contributed by atoms with E-state index in [2.05, 4.69) is 15.5 Å². The van der Waals surface area contributed by atoms with Gasteiger partial charge >= 0.3 is 0 Å². The first kappa shape index (κ1) is 16.9. The lowest BCUT2D eigenvalue weighted by Crippen LogP contribution is -2.18. The van der Waals surface area contributed by atoms with Crippen molar-refractivity contribution < 1.29 is 9.53 Å². The number of benzene rings is 2. The Morgan fingerprint density at radius 2 is 2.16 bits per heavy atom. The molecule has 128 valence electrons. The molecule has 0 aliphatic carbocycles. The Balaban J connectivity index is 1.87. The number of fused-ring (bicyclic) bond motifs is 1. The number of nitrogens with two attached hydrogens (primary N) is 1.